The van der Waals surface area contributed by atoms with E-state index in [2.05, 4.69) is 5.32 Å². The number of carbonyl (C=O) groups is 3. The summed E-state index contributed by atoms with van der Waals surface area (Å²) >= 11 is 0. The number of carbonyl (C=O) groups excluding carboxylic acids is 2. The molecule has 1 aliphatic carbocycles. The molecule has 6 heteroatoms. The van der Waals surface area contributed by atoms with Crippen LogP contribution < -0.4 is 10.2 Å². The molecule has 6 nitrogen and oxygen atoms in total. The maximum atomic E-state index is 12.5. The average molecular weight is 344 g/mol. The Hall–Kier alpha value is -2.37. The summed E-state index contributed by atoms with van der Waals surface area (Å²) in [6.45, 7) is 2.43. The number of benzene rings is 1. The highest BCUT2D eigenvalue weighted by molar-refractivity contribution is 6.00. The smallest absolute Gasteiger partial charge is 0.306 e. The maximum Gasteiger partial charge on any atom is 0.306 e. The van der Waals surface area contributed by atoms with Gasteiger partial charge in [0.05, 0.1) is 11.8 Å². The van der Waals surface area contributed by atoms with Crippen LogP contribution in [0, 0.1) is 11.8 Å². The second-order valence-corrected chi connectivity index (χ2v) is 6.94. The molecule has 1 unspecified atom stereocenters. The quantitative estimate of drug-likeness (QED) is 0.855. The predicted octanol–water partition coefficient (Wildman–Crippen LogP) is 1.97. The molecule has 2 fully saturated rings. The third-order valence-corrected chi connectivity index (χ3v) is 5.29. The van der Waals surface area contributed by atoms with E-state index in [1.165, 1.54) is 0 Å². The van der Waals surface area contributed by atoms with Crippen LogP contribution in [0.1, 0.15) is 38.2 Å². The van der Waals surface area contributed by atoms with Gasteiger partial charge in [-0.3, -0.25) is 14.4 Å². The van der Waals surface area contributed by atoms with E-state index in [1.807, 2.05) is 31.2 Å². The van der Waals surface area contributed by atoms with Crippen LogP contribution in [0.5, 0.6) is 0 Å². The number of aryl methyl sites for hydroxylation is 1. The molecule has 0 aromatic heterocycles. The summed E-state index contributed by atoms with van der Waals surface area (Å²) in [6, 6.07) is 7.68. The lowest BCUT2D eigenvalue weighted by atomic mass is 10.1. The third kappa shape index (κ3) is 3.67. The van der Waals surface area contributed by atoms with Crippen LogP contribution in [-0.4, -0.2) is 35.5 Å². The van der Waals surface area contributed by atoms with Crippen molar-refractivity contribution in [3.63, 3.8) is 0 Å². The van der Waals surface area contributed by atoms with Crippen LogP contribution in [-0.2, 0) is 20.8 Å². The number of nitrogens with zero attached hydrogens (tertiary/aromatic N) is 1. The van der Waals surface area contributed by atoms with Gasteiger partial charge in [0, 0.05) is 24.7 Å². The molecule has 3 rings (SSSR count). The molecule has 1 aromatic carbocycles. The van der Waals surface area contributed by atoms with Gasteiger partial charge >= 0.3 is 5.97 Å². The normalized spacial score (nSPS) is 26.0. The number of hydrogen-bond donors (Lipinski definition) is 2. The van der Waals surface area contributed by atoms with Crippen molar-refractivity contribution < 1.29 is 19.5 Å². The van der Waals surface area contributed by atoms with Gasteiger partial charge in [-0.15, -0.1) is 0 Å². The Bertz CT molecular complexity index is 688. The molecule has 1 saturated carbocycles. The van der Waals surface area contributed by atoms with E-state index < -0.39 is 5.97 Å². The molecule has 0 spiro atoms. The lowest BCUT2D eigenvalue weighted by Crippen LogP contribution is -2.39. The van der Waals surface area contributed by atoms with Gasteiger partial charge in [0.25, 0.3) is 0 Å². The average Bonchev–Trinajstić information content (AvgIpc) is 3.21. The molecule has 25 heavy (non-hydrogen) atoms. The van der Waals surface area contributed by atoms with Gasteiger partial charge < -0.3 is 15.3 Å². The molecule has 3 atom stereocenters. The van der Waals surface area contributed by atoms with Gasteiger partial charge in [-0.05, 0) is 37.3 Å². The fourth-order valence-corrected chi connectivity index (χ4v) is 3.85. The lowest BCUT2D eigenvalue weighted by molar-refractivity contribution is -0.141. The first-order valence-electron chi connectivity index (χ1n) is 8.91. The van der Waals surface area contributed by atoms with Crippen LogP contribution in [0.3, 0.4) is 0 Å². The predicted molar refractivity (Wildman–Crippen MR) is 93.2 cm³/mol. The Morgan fingerprint density at radius 1 is 1.24 bits per heavy atom. The Morgan fingerprint density at radius 3 is 2.68 bits per heavy atom. The molecule has 0 radical (unpaired) electrons. The Balaban J connectivity index is 1.62. The van der Waals surface area contributed by atoms with Crippen molar-refractivity contribution >= 4 is 23.5 Å². The van der Waals surface area contributed by atoms with Gasteiger partial charge in [-0.25, -0.2) is 0 Å². The van der Waals surface area contributed by atoms with Crippen LogP contribution in [0.15, 0.2) is 24.3 Å². The number of anilines is 1. The van der Waals surface area contributed by atoms with E-state index in [4.69, 9.17) is 5.11 Å². The molecule has 134 valence electrons. The zero-order chi connectivity index (χ0) is 18.0. The van der Waals surface area contributed by atoms with E-state index in [9.17, 15) is 14.4 Å². The van der Waals surface area contributed by atoms with Crippen LogP contribution in [0.2, 0.25) is 0 Å². The molecule has 1 aromatic rings. The second-order valence-electron chi connectivity index (χ2n) is 6.94. The molecule has 2 amide bonds. The summed E-state index contributed by atoms with van der Waals surface area (Å²) in [5, 5.41) is 12.0. The maximum absolute atomic E-state index is 12.5. The minimum atomic E-state index is -0.796. The molecule has 0 bridgehead atoms. The number of nitrogens with one attached hydrogen (secondary N) is 1. The Kier molecular flexibility index (Phi) is 5.06. The lowest BCUT2D eigenvalue weighted by Gasteiger charge is -2.20. The number of carboxylic acids is 1. The molecular weight excluding hydrogens is 320 g/mol. The van der Waals surface area contributed by atoms with E-state index in [1.54, 1.807) is 4.90 Å². The first kappa shape index (κ1) is 17.5. The first-order valence-corrected chi connectivity index (χ1v) is 8.91. The second kappa shape index (κ2) is 7.25. The topological polar surface area (TPSA) is 86.7 Å². The van der Waals surface area contributed by atoms with Crippen molar-refractivity contribution in [3.05, 3.63) is 29.8 Å². The summed E-state index contributed by atoms with van der Waals surface area (Å²) in [6.07, 6.45) is 2.80. The highest BCUT2D eigenvalue weighted by atomic mass is 16.4. The van der Waals surface area contributed by atoms with E-state index in [-0.39, 0.29) is 36.1 Å². The van der Waals surface area contributed by atoms with E-state index >= 15 is 0 Å². The zero-order valence-corrected chi connectivity index (χ0v) is 14.4. The van der Waals surface area contributed by atoms with E-state index in [0.29, 0.717) is 25.8 Å². The van der Waals surface area contributed by atoms with Crippen molar-refractivity contribution in [1.29, 1.82) is 0 Å². The van der Waals surface area contributed by atoms with Crippen LogP contribution in [0.25, 0.3) is 0 Å². The van der Waals surface area contributed by atoms with Crippen molar-refractivity contribution in [1.82, 2.24) is 5.32 Å². The summed E-state index contributed by atoms with van der Waals surface area (Å²) < 4.78 is 0. The third-order valence-electron chi connectivity index (χ3n) is 5.29. The van der Waals surface area contributed by atoms with Crippen molar-refractivity contribution in [3.8, 4) is 0 Å². The van der Waals surface area contributed by atoms with Crippen molar-refractivity contribution in [2.24, 2.45) is 11.8 Å². The van der Waals surface area contributed by atoms with Crippen molar-refractivity contribution in [2.75, 3.05) is 11.4 Å². The molecule has 2 aliphatic rings. The molecular formula is C19H24N2O4. The summed E-state index contributed by atoms with van der Waals surface area (Å²) in [4.78, 5) is 37.7. The number of carboxylic acid groups (broad SMARTS) is 1. The molecule has 1 aliphatic heterocycles. The van der Waals surface area contributed by atoms with Gasteiger partial charge in [0.15, 0.2) is 0 Å². The summed E-state index contributed by atoms with van der Waals surface area (Å²) in [5.74, 6) is -1.71. The minimum absolute atomic E-state index is 0.0316. The van der Waals surface area contributed by atoms with Gasteiger partial charge in [-0.1, -0.05) is 25.1 Å². The zero-order valence-electron chi connectivity index (χ0n) is 14.4. The Labute approximate surface area is 147 Å². The number of rotatable bonds is 5. The monoisotopic (exact) mass is 344 g/mol. The molecule has 1 saturated heterocycles. The van der Waals surface area contributed by atoms with Gasteiger partial charge in [-0.2, -0.15) is 0 Å². The Morgan fingerprint density at radius 2 is 2.00 bits per heavy atom. The summed E-state index contributed by atoms with van der Waals surface area (Å²) in [7, 11) is 0. The van der Waals surface area contributed by atoms with Gasteiger partial charge in [0.1, 0.15) is 0 Å². The number of hydrogen-bond acceptors (Lipinski definition) is 3. The first-order chi connectivity index (χ1) is 12.0. The fourth-order valence-electron chi connectivity index (χ4n) is 3.85. The van der Waals surface area contributed by atoms with Crippen LogP contribution in [0.4, 0.5) is 5.69 Å². The largest absolute Gasteiger partial charge is 0.481 e. The summed E-state index contributed by atoms with van der Waals surface area (Å²) in [5.41, 5.74) is 1.98. The highest BCUT2D eigenvalue weighted by Gasteiger charge is 2.38. The number of amides is 2. The molecule has 2 N–H and O–H groups in total. The van der Waals surface area contributed by atoms with Gasteiger partial charge in [0.2, 0.25) is 11.8 Å². The molecule has 1 heterocycles. The minimum Gasteiger partial charge on any atom is -0.481 e. The number of aliphatic carboxylic acids is 1. The van der Waals surface area contributed by atoms with E-state index in [0.717, 1.165) is 17.7 Å². The fraction of sp³-hybridized carbons (Fsp3) is 0.526. The highest BCUT2D eigenvalue weighted by Crippen LogP contribution is 2.30. The standard InChI is InChI=1S/C19H24N2O4/c1-2-12-5-3-4-6-16(12)21-11-14(10-17(21)22)18(23)20-15-8-7-13(9-15)19(24)25/h3-6,13-15H,2,7-11H2,1H3,(H,20,23)(H,24,25)/t13-,14?,15+/m1/s1. The van der Waals surface area contributed by atoms with Crippen LogP contribution >= 0.6 is 0 Å². The van der Waals surface area contributed by atoms with Crippen molar-refractivity contribution in [2.45, 2.75) is 45.1 Å². The number of para-hydroxylation sites is 1. The SMILES string of the molecule is CCc1ccccc1N1CC(C(=O)N[C@H]2CC[C@@H](C(=O)O)C2)CC1=O.